The third-order valence-corrected chi connectivity index (χ3v) is 2.51. The molecule has 0 spiro atoms. The molecule has 7 nitrogen and oxygen atoms in total. The molecule has 8 heteroatoms. The number of nitrogen functional groups attached to an aromatic ring is 1. The highest BCUT2D eigenvalue weighted by Crippen LogP contribution is 2.28. The van der Waals surface area contributed by atoms with E-state index in [9.17, 15) is 14.5 Å². The van der Waals surface area contributed by atoms with Crippen LogP contribution < -0.4 is 16.0 Å². The number of hydrazine groups is 1. The van der Waals surface area contributed by atoms with Gasteiger partial charge < -0.3 is 10.2 Å². The van der Waals surface area contributed by atoms with Crippen molar-refractivity contribution in [2.45, 2.75) is 6.92 Å². The number of halogens is 1. The van der Waals surface area contributed by atoms with Gasteiger partial charge in [0.2, 0.25) is 5.88 Å². The van der Waals surface area contributed by atoms with Gasteiger partial charge in [0, 0.05) is 6.07 Å². The van der Waals surface area contributed by atoms with Gasteiger partial charge in [-0.2, -0.15) is 4.98 Å². The molecule has 104 valence electrons. The molecule has 0 fully saturated rings. The van der Waals surface area contributed by atoms with Crippen molar-refractivity contribution in [3.63, 3.8) is 0 Å². The van der Waals surface area contributed by atoms with Crippen LogP contribution in [0.15, 0.2) is 30.3 Å². The zero-order valence-corrected chi connectivity index (χ0v) is 10.5. The van der Waals surface area contributed by atoms with E-state index in [1.54, 1.807) is 6.92 Å². The molecule has 0 aliphatic carbocycles. The normalized spacial score (nSPS) is 10.2. The van der Waals surface area contributed by atoms with Crippen LogP contribution in [0.2, 0.25) is 0 Å². The van der Waals surface area contributed by atoms with Crippen LogP contribution in [0, 0.1) is 22.9 Å². The molecule has 1 heterocycles. The number of aryl methyl sites for hydroxylation is 1. The van der Waals surface area contributed by atoms with Crippen molar-refractivity contribution in [3.8, 4) is 11.6 Å². The largest absolute Gasteiger partial charge is 0.438 e. The Labute approximate surface area is 113 Å². The zero-order valence-electron chi connectivity index (χ0n) is 10.5. The zero-order chi connectivity index (χ0) is 14.7. The second-order valence-corrected chi connectivity index (χ2v) is 3.96. The summed E-state index contributed by atoms with van der Waals surface area (Å²) >= 11 is 0. The summed E-state index contributed by atoms with van der Waals surface area (Å²) in [7, 11) is 0. The van der Waals surface area contributed by atoms with Gasteiger partial charge in [-0.05, 0) is 18.6 Å². The number of hydrogen-bond donors (Lipinski definition) is 2. The number of nitrogens with one attached hydrogen (secondary N) is 1. The third kappa shape index (κ3) is 2.98. The summed E-state index contributed by atoms with van der Waals surface area (Å²) in [5.74, 6) is 4.95. The van der Waals surface area contributed by atoms with Crippen molar-refractivity contribution >= 4 is 11.5 Å². The maximum absolute atomic E-state index is 13.2. The van der Waals surface area contributed by atoms with E-state index in [2.05, 4.69) is 10.4 Å². The Kier molecular flexibility index (Phi) is 3.76. The molecule has 0 saturated heterocycles. The van der Waals surface area contributed by atoms with Crippen molar-refractivity contribution in [1.82, 2.24) is 4.98 Å². The Hall–Kier alpha value is -2.74. The van der Waals surface area contributed by atoms with Crippen LogP contribution in [0.5, 0.6) is 11.6 Å². The molecule has 0 aliphatic rings. The highest BCUT2D eigenvalue weighted by Gasteiger charge is 2.13. The summed E-state index contributed by atoms with van der Waals surface area (Å²) in [5, 5.41) is 10.8. The molecule has 1 aromatic heterocycles. The molecule has 0 aliphatic heterocycles. The number of anilines is 1. The molecule has 0 amide bonds. The van der Waals surface area contributed by atoms with Gasteiger partial charge >= 0.3 is 0 Å². The lowest BCUT2D eigenvalue weighted by Gasteiger charge is -2.09. The average Bonchev–Trinajstić information content (AvgIpc) is 2.42. The number of hydrogen-bond acceptors (Lipinski definition) is 6. The second kappa shape index (κ2) is 5.49. The summed E-state index contributed by atoms with van der Waals surface area (Å²) in [6.07, 6.45) is 0. The van der Waals surface area contributed by atoms with Crippen molar-refractivity contribution in [2.75, 3.05) is 5.43 Å². The number of pyridine rings is 1. The maximum Gasteiger partial charge on any atom is 0.278 e. The Balaban J connectivity index is 2.39. The van der Waals surface area contributed by atoms with Gasteiger partial charge in [-0.3, -0.25) is 10.1 Å². The third-order valence-electron chi connectivity index (χ3n) is 2.51. The minimum absolute atomic E-state index is 0.0548. The molecule has 20 heavy (non-hydrogen) atoms. The van der Waals surface area contributed by atoms with Gasteiger partial charge in [0.15, 0.2) is 5.82 Å². The number of nitrogens with two attached hydrogens (primary N) is 1. The fourth-order valence-corrected chi connectivity index (χ4v) is 1.52. The standard InChI is InChI=1S/C12H11FN4O3/c1-7-2-3-8(13)4-10(7)20-12-6-9(17(18)19)5-11(15-12)16-14/h2-6H,14H2,1H3,(H,15,16). The number of nitro groups is 1. The highest BCUT2D eigenvalue weighted by molar-refractivity contribution is 5.48. The number of ether oxygens (including phenoxy) is 1. The minimum Gasteiger partial charge on any atom is -0.438 e. The lowest BCUT2D eigenvalue weighted by atomic mass is 10.2. The first-order chi connectivity index (χ1) is 9.49. The second-order valence-electron chi connectivity index (χ2n) is 3.96. The first kappa shape index (κ1) is 13.7. The van der Waals surface area contributed by atoms with E-state index in [0.29, 0.717) is 5.56 Å². The van der Waals surface area contributed by atoms with Crippen LogP contribution in [-0.2, 0) is 0 Å². The summed E-state index contributed by atoms with van der Waals surface area (Å²) in [4.78, 5) is 14.1. The van der Waals surface area contributed by atoms with Crippen molar-refractivity contribution in [1.29, 1.82) is 0 Å². The van der Waals surface area contributed by atoms with E-state index in [1.807, 2.05) is 0 Å². The Morgan fingerprint density at radius 3 is 2.80 bits per heavy atom. The molecule has 2 aromatic rings. The van der Waals surface area contributed by atoms with Gasteiger partial charge in [0.1, 0.15) is 11.6 Å². The van der Waals surface area contributed by atoms with Crippen LogP contribution in [0.25, 0.3) is 0 Å². The van der Waals surface area contributed by atoms with Crippen LogP contribution in [-0.4, -0.2) is 9.91 Å². The number of nitrogens with zero attached hydrogens (tertiary/aromatic N) is 2. The number of rotatable bonds is 4. The lowest BCUT2D eigenvalue weighted by molar-refractivity contribution is -0.384. The fraction of sp³-hybridized carbons (Fsp3) is 0.0833. The van der Waals surface area contributed by atoms with Gasteiger partial charge in [0.05, 0.1) is 17.1 Å². The van der Waals surface area contributed by atoms with Gasteiger partial charge in [0.25, 0.3) is 5.69 Å². The monoisotopic (exact) mass is 278 g/mol. The maximum atomic E-state index is 13.2. The molecule has 0 radical (unpaired) electrons. The molecule has 2 rings (SSSR count). The summed E-state index contributed by atoms with van der Waals surface area (Å²) in [6, 6.07) is 6.28. The van der Waals surface area contributed by atoms with E-state index in [0.717, 1.165) is 12.1 Å². The van der Waals surface area contributed by atoms with Crippen LogP contribution in [0.1, 0.15) is 5.56 Å². The topological polar surface area (TPSA) is 103 Å². The fourth-order valence-electron chi connectivity index (χ4n) is 1.52. The van der Waals surface area contributed by atoms with Crippen LogP contribution in [0.3, 0.4) is 0 Å². The van der Waals surface area contributed by atoms with Gasteiger partial charge in [-0.1, -0.05) is 6.07 Å². The SMILES string of the molecule is Cc1ccc(F)cc1Oc1cc([N+](=O)[O-])cc(NN)n1. The van der Waals surface area contributed by atoms with E-state index >= 15 is 0 Å². The highest BCUT2D eigenvalue weighted by atomic mass is 19.1. The number of benzene rings is 1. The molecule has 3 N–H and O–H groups in total. The van der Waals surface area contributed by atoms with Crippen molar-refractivity contribution in [2.24, 2.45) is 5.84 Å². The molecule has 0 saturated carbocycles. The van der Waals surface area contributed by atoms with Crippen LogP contribution in [0.4, 0.5) is 15.9 Å². The van der Waals surface area contributed by atoms with E-state index < -0.39 is 10.7 Å². The minimum atomic E-state index is -0.603. The molecule has 0 unspecified atom stereocenters. The molecule has 0 bridgehead atoms. The Morgan fingerprint density at radius 1 is 1.40 bits per heavy atom. The first-order valence-electron chi connectivity index (χ1n) is 5.56. The summed E-state index contributed by atoms with van der Waals surface area (Å²) in [6.45, 7) is 1.72. The summed E-state index contributed by atoms with van der Waals surface area (Å²) < 4.78 is 18.5. The Morgan fingerprint density at radius 2 is 2.15 bits per heavy atom. The van der Waals surface area contributed by atoms with Gasteiger partial charge in [-0.15, -0.1) is 0 Å². The summed E-state index contributed by atoms with van der Waals surface area (Å²) in [5.41, 5.74) is 2.63. The Bertz CT molecular complexity index is 663. The molecule has 1 aromatic carbocycles. The van der Waals surface area contributed by atoms with Crippen molar-refractivity contribution < 1.29 is 14.1 Å². The predicted molar refractivity (Wildman–Crippen MR) is 69.9 cm³/mol. The van der Waals surface area contributed by atoms with Crippen molar-refractivity contribution in [3.05, 3.63) is 51.8 Å². The van der Waals surface area contributed by atoms with E-state index in [1.165, 1.54) is 18.2 Å². The van der Waals surface area contributed by atoms with Crippen LogP contribution >= 0.6 is 0 Å². The lowest BCUT2D eigenvalue weighted by Crippen LogP contribution is -2.09. The smallest absolute Gasteiger partial charge is 0.278 e. The van der Waals surface area contributed by atoms with Gasteiger partial charge in [-0.25, -0.2) is 10.2 Å². The predicted octanol–water partition coefficient (Wildman–Crippen LogP) is 2.52. The molecule has 0 atom stereocenters. The first-order valence-corrected chi connectivity index (χ1v) is 5.56. The molecular formula is C12H11FN4O3. The molecular weight excluding hydrogens is 267 g/mol. The van der Waals surface area contributed by atoms with E-state index in [4.69, 9.17) is 10.6 Å². The van der Waals surface area contributed by atoms with E-state index in [-0.39, 0.29) is 23.1 Å². The number of aromatic nitrogens is 1. The average molecular weight is 278 g/mol. The quantitative estimate of drug-likeness (QED) is 0.506.